The molecule has 1 aromatic carbocycles. The molecule has 0 aliphatic carbocycles. The number of anilines is 1. The highest BCUT2D eigenvalue weighted by Gasteiger charge is 2.46. The van der Waals surface area contributed by atoms with E-state index >= 15 is 0 Å². The van der Waals surface area contributed by atoms with Crippen LogP contribution in [0.2, 0.25) is 0 Å². The Morgan fingerprint density at radius 3 is 2.43 bits per heavy atom. The average molecular weight is 496 g/mol. The predicted octanol–water partition coefficient (Wildman–Crippen LogP) is 3.95. The molecule has 2 heterocycles. The van der Waals surface area contributed by atoms with Gasteiger partial charge in [0.2, 0.25) is 5.95 Å². The monoisotopic (exact) mass is 496 g/mol. The van der Waals surface area contributed by atoms with Gasteiger partial charge in [-0.3, -0.25) is 10.2 Å². The van der Waals surface area contributed by atoms with Crippen LogP contribution in [0.4, 0.5) is 27.9 Å². The molecule has 12 heteroatoms. The highest BCUT2D eigenvalue weighted by Crippen LogP contribution is 2.35. The van der Waals surface area contributed by atoms with E-state index in [9.17, 15) is 26.7 Å². The Hall–Kier alpha value is -3.57. The van der Waals surface area contributed by atoms with Crippen LogP contribution in [-0.4, -0.2) is 58.6 Å². The van der Waals surface area contributed by atoms with Crippen LogP contribution in [0.25, 0.3) is 0 Å². The van der Waals surface area contributed by atoms with Crippen molar-refractivity contribution in [2.75, 3.05) is 25.5 Å². The molecule has 188 valence electrons. The number of hydrogen-bond acceptors (Lipinski definition) is 6. The van der Waals surface area contributed by atoms with Gasteiger partial charge in [-0.05, 0) is 5.92 Å². The van der Waals surface area contributed by atoms with E-state index in [0.717, 1.165) is 4.90 Å². The molecular weight excluding hydrogens is 471 g/mol. The molecule has 1 aliphatic heterocycles. The van der Waals surface area contributed by atoms with Crippen molar-refractivity contribution in [3.63, 3.8) is 0 Å². The number of nitrogens with zero attached hydrogens (tertiary/aromatic N) is 3. The molecule has 0 spiro atoms. The summed E-state index contributed by atoms with van der Waals surface area (Å²) in [5.41, 5.74) is -0.817. The quantitative estimate of drug-likeness (QED) is 0.307. The van der Waals surface area contributed by atoms with E-state index in [4.69, 9.17) is 5.41 Å². The number of piperidine rings is 1. The summed E-state index contributed by atoms with van der Waals surface area (Å²) in [5.74, 6) is -4.69. The topological polar surface area (TPSA) is 94.0 Å². The third-order valence-corrected chi connectivity index (χ3v) is 5.64. The Morgan fingerprint density at radius 2 is 1.86 bits per heavy atom. The molecule has 3 N–H and O–H groups in total. The zero-order chi connectivity index (χ0) is 25.8. The number of carbonyl (C=O) groups is 1. The smallest absolute Gasteiger partial charge is 0.393 e. The van der Waals surface area contributed by atoms with Gasteiger partial charge in [0.15, 0.2) is 0 Å². The van der Waals surface area contributed by atoms with E-state index in [-0.39, 0.29) is 23.8 Å². The molecule has 0 radical (unpaired) electrons. The van der Waals surface area contributed by atoms with Crippen molar-refractivity contribution in [1.29, 1.82) is 5.41 Å². The summed E-state index contributed by atoms with van der Waals surface area (Å²) in [5, 5.41) is 13.9. The minimum absolute atomic E-state index is 0.0696. The summed E-state index contributed by atoms with van der Waals surface area (Å²) in [7, 11) is 1.53. The van der Waals surface area contributed by atoms with E-state index in [0.29, 0.717) is 18.0 Å². The number of benzene rings is 1. The number of hydrogen-bond donors (Lipinski definition) is 3. The Balaban J connectivity index is 1.85. The van der Waals surface area contributed by atoms with E-state index < -0.39 is 48.5 Å². The van der Waals surface area contributed by atoms with Crippen LogP contribution in [0.3, 0.4) is 0 Å². The first-order chi connectivity index (χ1) is 16.4. The van der Waals surface area contributed by atoms with Crippen molar-refractivity contribution in [2.24, 2.45) is 5.92 Å². The van der Waals surface area contributed by atoms with Crippen LogP contribution >= 0.6 is 0 Å². The number of likely N-dealkylation sites (tertiary alicyclic amines) is 1. The van der Waals surface area contributed by atoms with Gasteiger partial charge >= 0.3 is 6.18 Å². The van der Waals surface area contributed by atoms with Crippen LogP contribution in [-0.2, 0) is 11.0 Å². The zero-order valence-corrected chi connectivity index (χ0v) is 19.0. The number of alkyl halides is 5. The molecule has 1 saturated heterocycles. The number of amides is 1. The third kappa shape index (κ3) is 6.31. The van der Waals surface area contributed by atoms with Gasteiger partial charge in [0.05, 0.1) is 29.4 Å². The number of aromatic nitrogens is 2. The maximum absolute atomic E-state index is 14.5. The number of halogens is 5. The molecule has 35 heavy (non-hydrogen) atoms. The fourth-order valence-corrected chi connectivity index (χ4v) is 3.94. The van der Waals surface area contributed by atoms with Crippen molar-refractivity contribution in [3.05, 3.63) is 65.6 Å². The van der Waals surface area contributed by atoms with E-state index in [1.807, 2.05) is 0 Å². The summed E-state index contributed by atoms with van der Waals surface area (Å²) >= 11 is 0. The normalized spacial score (nSPS) is 20.3. The molecule has 2 aromatic rings. The van der Waals surface area contributed by atoms with Crippen LogP contribution in [0, 0.1) is 11.3 Å². The largest absolute Gasteiger partial charge is 0.419 e. The van der Waals surface area contributed by atoms with Crippen molar-refractivity contribution < 1.29 is 26.7 Å². The number of nitrogens with one attached hydrogen (secondary N) is 3. The van der Waals surface area contributed by atoms with Gasteiger partial charge < -0.3 is 15.5 Å². The lowest BCUT2D eigenvalue weighted by Crippen LogP contribution is -2.58. The van der Waals surface area contributed by atoms with Gasteiger partial charge in [-0.15, -0.1) is 0 Å². The highest BCUT2D eigenvalue weighted by molar-refractivity contribution is 6.26. The fraction of sp³-hybridized carbons (Fsp3) is 0.391. The first-order valence-electron chi connectivity index (χ1n) is 10.8. The van der Waals surface area contributed by atoms with Gasteiger partial charge in [-0.2, -0.15) is 13.2 Å². The molecule has 1 aliphatic rings. The molecule has 7 nitrogen and oxygen atoms in total. The molecule has 0 bridgehead atoms. The summed E-state index contributed by atoms with van der Waals surface area (Å²) in [6.45, 7) is 0.636. The van der Waals surface area contributed by atoms with Crippen molar-refractivity contribution in [3.8, 4) is 0 Å². The van der Waals surface area contributed by atoms with Crippen molar-refractivity contribution in [1.82, 2.24) is 20.2 Å². The van der Waals surface area contributed by atoms with Gasteiger partial charge in [0, 0.05) is 44.2 Å². The van der Waals surface area contributed by atoms with Crippen LogP contribution in [0.5, 0.6) is 0 Å². The predicted molar refractivity (Wildman–Crippen MR) is 120 cm³/mol. The Morgan fingerprint density at radius 1 is 1.23 bits per heavy atom. The maximum Gasteiger partial charge on any atom is 0.419 e. The molecule has 3 rings (SSSR count). The summed E-state index contributed by atoms with van der Waals surface area (Å²) in [6.07, 6.45) is -2.54. The van der Waals surface area contributed by atoms with Gasteiger partial charge in [-0.1, -0.05) is 37.3 Å². The second kappa shape index (κ2) is 10.4. The molecular formula is C23H25F5N6O. The first kappa shape index (κ1) is 26.0. The molecule has 0 unspecified atom stereocenters. The summed E-state index contributed by atoms with van der Waals surface area (Å²) in [6, 6.07) is 7.65. The average Bonchev–Trinajstić information content (AvgIpc) is 2.80. The highest BCUT2D eigenvalue weighted by atomic mass is 19.4. The third-order valence-electron chi connectivity index (χ3n) is 5.64. The fourth-order valence-electron chi connectivity index (χ4n) is 3.94. The van der Waals surface area contributed by atoms with E-state index in [1.165, 1.54) is 13.2 Å². The molecule has 1 aromatic heterocycles. The summed E-state index contributed by atoms with van der Waals surface area (Å²) in [4.78, 5) is 21.8. The standard InChI is InChI=1S/C23H25F5N6O/c1-14-8-22(24,25)13-34(18(14)12-33-21-31-9-16(10-32-21)23(26,27)28)20(35)17(11-30-2)19(29)15-6-4-3-5-7-15/h3-7,9-11,14,18,29-30H,8,12-13H2,1-2H3,(H,31,32,33)/b17-11+,29-19?/t14-,18-/m1/s1. The maximum atomic E-state index is 14.5. The Bertz CT molecular complexity index is 1070. The van der Waals surface area contributed by atoms with Crippen LogP contribution in [0.1, 0.15) is 24.5 Å². The molecule has 1 fully saturated rings. The van der Waals surface area contributed by atoms with E-state index in [2.05, 4.69) is 20.6 Å². The minimum Gasteiger partial charge on any atom is -0.393 e. The van der Waals surface area contributed by atoms with Crippen LogP contribution in [0.15, 0.2) is 54.5 Å². The van der Waals surface area contributed by atoms with Gasteiger partial charge in [0.1, 0.15) is 0 Å². The zero-order valence-electron chi connectivity index (χ0n) is 19.0. The van der Waals surface area contributed by atoms with Crippen molar-refractivity contribution in [2.45, 2.75) is 31.5 Å². The lowest BCUT2D eigenvalue weighted by atomic mass is 9.87. The van der Waals surface area contributed by atoms with Crippen LogP contribution < -0.4 is 10.6 Å². The lowest BCUT2D eigenvalue weighted by Gasteiger charge is -2.43. The van der Waals surface area contributed by atoms with Gasteiger partial charge in [-0.25, -0.2) is 18.7 Å². The Labute approximate surface area is 199 Å². The number of carbonyl (C=O) groups excluding carboxylic acids is 1. The summed E-state index contributed by atoms with van der Waals surface area (Å²) < 4.78 is 67.2. The molecule has 0 saturated carbocycles. The number of rotatable bonds is 7. The molecule has 2 atom stereocenters. The molecule has 1 amide bonds. The first-order valence-corrected chi connectivity index (χ1v) is 10.8. The lowest BCUT2D eigenvalue weighted by molar-refractivity contribution is -0.147. The van der Waals surface area contributed by atoms with Crippen molar-refractivity contribution >= 4 is 17.6 Å². The van der Waals surface area contributed by atoms with Gasteiger partial charge in [0.25, 0.3) is 11.8 Å². The second-order valence-corrected chi connectivity index (χ2v) is 8.30. The minimum atomic E-state index is -4.59. The second-order valence-electron chi connectivity index (χ2n) is 8.30. The van der Waals surface area contributed by atoms with E-state index in [1.54, 1.807) is 37.3 Å². The Kier molecular flexibility index (Phi) is 7.71. The SMILES string of the molecule is CN/C=C(\C(=N)c1ccccc1)C(=O)N1CC(F)(F)C[C@@H](C)[C@H]1CNc1ncc(C(F)(F)F)cn1.